The summed E-state index contributed by atoms with van der Waals surface area (Å²) in [5.41, 5.74) is 0.886. The molecule has 11 heteroatoms. The summed E-state index contributed by atoms with van der Waals surface area (Å²) in [7, 11) is -5.20. The van der Waals surface area contributed by atoms with Crippen LogP contribution in [0.15, 0.2) is 132 Å². The first-order chi connectivity index (χ1) is 21.1. The van der Waals surface area contributed by atoms with Gasteiger partial charge in [0.1, 0.15) is 29.2 Å². The molecule has 0 N–H and O–H groups in total. The molecule has 9 nitrogen and oxygen atoms in total. The lowest BCUT2D eigenvalue weighted by Gasteiger charge is -2.25. The van der Waals surface area contributed by atoms with E-state index in [1.165, 1.54) is 31.4 Å². The van der Waals surface area contributed by atoms with Crippen LogP contribution in [0.25, 0.3) is 5.57 Å². The van der Waals surface area contributed by atoms with Crippen LogP contribution in [0.1, 0.15) is 12.5 Å². The highest BCUT2D eigenvalue weighted by molar-refractivity contribution is 7.98. The minimum atomic E-state index is -5.06. The van der Waals surface area contributed by atoms with E-state index in [2.05, 4.69) is 114 Å². The lowest BCUT2D eigenvalue weighted by molar-refractivity contribution is -0.0171. The molecule has 1 aromatic heterocycles. The lowest BCUT2D eigenvalue weighted by atomic mass is 9.97. The average Bonchev–Trinajstić information content (AvgIpc) is 3.26. The topological polar surface area (TPSA) is 112 Å². The summed E-state index contributed by atoms with van der Waals surface area (Å²) in [6, 6.07) is 34.2. The first-order valence-corrected chi connectivity index (χ1v) is 17.1. The quantitative estimate of drug-likeness (QED) is 0.175. The molecule has 4 aromatic rings. The largest absolute Gasteiger partial charge is 0.724 e. The zero-order valence-corrected chi connectivity index (χ0v) is 26.0. The van der Waals surface area contributed by atoms with Crippen molar-refractivity contribution < 1.29 is 22.0 Å². The van der Waals surface area contributed by atoms with Crippen LogP contribution in [0.4, 0.5) is 4.79 Å². The predicted molar refractivity (Wildman–Crippen MR) is 173 cm³/mol. The lowest BCUT2D eigenvalue weighted by Crippen LogP contribution is -2.36. The zero-order chi connectivity index (χ0) is 31.3. The van der Waals surface area contributed by atoms with Crippen LogP contribution in [0.5, 0.6) is 0 Å². The van der Waals surface area contributed by atoms with E-state index < -0.39 is 29.7 Å². The summed E-state index contributed by atoms with van der Waals surface area (Å²) in [6.45, 7) is 2.55. The van der Waals surface area contributed by atoms with E-state index in [4.69, 9.17) is 0 Å². The molecule has 44 heavy (non-hydrogen) atoms. The fourth-order valence-corrected chi connectivity index (χ4v) is 9.64. The minimum Gasteiger partial charge on any atom is -0.724 e. The van der Waals surface area contributed by atoms with Crippen molar-refractivity contribution in [3.05, 3.63) is 143 Å². The molecule has 0 saturated carbocycles. The van der Waals surface area contributed by atoms with E-state index in [-0.39, 0.29) is 18.6 Å². The number of allylic oxidation sites excluding steroid dienone is 1. The Bertz CT molecular complexity index is 1750. The molecular weight excluding hydrogens is 597 g/mol. The van der Waals surface area contributed by atoms with Gasteiger partial charge in [0.25, 0.3) is 5.56 Å². The molecule has 0 aliphatic carbocycles. The number of carbonyl (C=O) groups is 1. The van der Waals surface area contributed by atoms with E-state index in [0.29, 0.717) is 16.2 Å². The maximum atomic E-state index is 12.0. The van der Waals surface area contributed by atoms with Crippen molar-refractivity contribution in [2.75, 3.05) is 13.1 Å². The Hall–Kier alpha value is -4.34. The number of carbonyl (C=O) groups excluding carboxylic acids is 1. The van der Waals surface area contributed by atoms with Crippen LogP contribution in [-0.2, 0) is 21.7 Å². The van der Waals surface area contributed by atoms with Gasteiger partial charge in [-0.1, -0.05) is 66.7 Å². The van der Waals surface area contributed by atoms with Gasteiger partial charge in [-0.3, -0.25) is 4.79 Å². The van der Waals surface area contributed by atoms with Gasteiger partial charge in [-0.15, -0.1) is 0 Å². The number of urea groups is 1. The molecule has 2 amide bonds. The number of aromatic nitrogens is 1. The molecule has 1 saturated heterocycles. The number of benzene rings is 3. The number of pyridine rings is 1. The minimum absolute atomic E-state index is 0.190. The van der Waals surface area contributed by atoms with E-state index in [1.54, 1.807) is 25.4 Å². The highest BCUT2D eigenvalue weighted by Gasteiger charge is 2.44. The Balaban J connectivity index is 0.000000175. The Morgan fingerprint density at radius 2 is 1.39 bits per heavy atom. The van der Waals surface area contributed by atoms with Crippen LogP contribution in [0, 0.1) is 0 Å². The molecule has 2 aliphatic rings. The molecule has 0 radical (unpaired) electrons. The third kappa shape index (κ3) is 6.44. The highest BCUT2D eigenvalue weighted by atomic mass is 32.3. The molecule has 6 rings (SSSR count). The zero-order valence-electron chi connectivity index (χ0n) is 24.3. The Morgan fingerprint density at radius 1 is 0.864 bits per heavy atom. The first-order valence-electron chi connectivity index (χ1n) is 13.9. The standard InChI is InChI=1S/C21H20P.C12H13N3O6S/c1-2-18-22(19-12-6-3-7-13-19,20-14-8-4-9-15-20)21-16-10-5-11-17-21;1-13-4-2-8(6-11(13)16)9-3-5-14-7-10(9)15(12(14)17)21-22(18,19)20/h2-18H,1H3;2-4,6,10H,5,7H2,1H3,(H,18,19,20)/q+1;/p-1. The fraction of sp³-hybridized carbons (Fsp3) is 0.152. The summed E-state index contributed by atoms with van der Waals surface area (Å²) in [5, 5.41) is 4.74. The number of nitrogens with zero attached hydrogens (tertiary/aromatic N) is 3. The van der Waals surface area contributed by atoms with Crippen LogP contribution in [0.3, 0.4) is 0 Å². The maximum Gasteiger partial charge on any atom is 0.346 e. The van der Waals surface area contributed by atoms with Gasteiger partial charge in [0.15, 0.2) is 0 Å². The van der Waals surface area contributed by atoms with Gasteiger partial charge in [0.05, 0.1) is 12.4 Å². The third-order valence-corrected chi connectivity index (χ3v) is 11.9. The predicted octanol–water partition coefficient (Wildman–Crippen LogP) is 3.79. The van der Waals surface area contributed by atoms with Gasteiger partial charge in [-0.25, -0.2) is 13.2 Å². The number of aryl methyl sites for hydroxylation is 1. The number of hydrogen-bond acceptors (Lipinski definition) is 6. The molecule has 226 valence electrons. The van der Waals surface area contributed by atoms with Crippen LogP contribution in [0.2, 0.25) is 0 Å². The molecule has 3 heterocycles. The number of hydroxylamine groups is 2. The second kappa shape index (κ2) is 13.1. The fourth-order valence-electron chi connectivity index (χ4n) is 5.49. The summed E-state index contributed by atoms with van der Waals surface area (Å²) < 4.78 is 38.1. The van der Waals surface area contributed by atoms with Gasteiger partial charge in [-0.2, -0.15) is 9.35 Å². The van der Waals surface area contributed by atoms with Gasteiger partial charge in [-0.05, 0) is 60.5 Å². The Kier molecular flexibility index (Phi) is 9.27. The van der Waals surface area contributed by atoms with E-state index >= 15 is 0 Å². The van der Waals surface area contributed by atoms with Crippen molar-refractivity contribution in [1.82, 2.24) is 14.5 Å². The van der Waals surface area contributed by atoms with Crippen molar-refractivity contribution in [3.63, 3.8) is 0 Å². The summed E-state index contributed by atoms with van der Waals surface area (Å²) >= 11 is 0. The SMILES string of the molecule is CC=C[P+](c1ccccc1)(c1ccccc1)c1ccccc1.Cn1ccc(C2=CCN3CC2N(OS(=O)(=O)[O-])C3=O)cc1=O. The van der Waals surface area contributed by atoms with Gasteiger partial charge in [0, 0.05) is 25.9 Å². The molecule has 0 spiro atoms. The first kappa shape index (κ1) is 31.1. The second-order valence-corrected chi connectivity index (χ2v) is 14.5. The monoisotopic (exact) mass is 629 g/mol. The van der Waals surface area contributed by atoms with Gasteiger partial charge < -0.3 is 14.0 Å². The van der Waals surface area contributed by atoms with Crippen molar-refractivity contribution >= 4 is 45.2 Å². The average molecular weight is 630 g/mol. The number of rotatable bonds is 7. The van der Waals surface area contributed by atoms with Crippen LogP contribution < -0.4 is 21.5 Å². The summed E-state index contributed by atoms with van der Waals surface area (Å²) in [5.74, 6) is 2.41. The maximum absolute atomic E-state index is 12.0. The Labute approximate surface area is 257 Å². The molecule has 2 aliphatic heterocycles. The molecule has 3 aromatic carbocycles. The van der Waals surface area contributed by atoms with Gasteiger partial charge in [0.2, 0.25) is 10.4 Å². The molecule has 1 fully saturated rings. The van der Waals surface area contributed by atoms with Crippen LogP contribution >= 0.6 is 7.26 Å². The van der Waals surface area contributed by atoms with E-state index in [1.807, 2.05) is 0 Å². The molecular formula is C33H32N3O6PS. The molecule has 1 unspecified atom stereocenters. The van der Waals surface area contributed by atoms with Crippen molar-refractivity contribution in [3.8, 4) is 0 Å². The normalized spacial score (nSPS) is 16.5. The number of amides is 2. The van der Waals surface area contributed by atoms with E-state index in [9.17, 15) is 22.6 Å². The second-order valence-electron chi connectivity index (χ2n) is 10.2. The van der Waals surface area contributed by atoms with Crippen LogP contribution in [-0.4, -0.2) is 52.7 Å². The third-order valence-electron chi connectivity index (χ3n) is 7.50. The number of hydrogen-bond donors (Lipinski definition) is 0. The van der Waals surface area contributed by atoms with Crippen molar-refractivity contribution in [2.45, 2.75) is 13.0 Å². The summed E-state index contributed by atoms with van der Waals surface area (Å²) in [4.78, 5) is 25.1. The van der Waals surface area contributed by atoms with Crippen molar-refractivity contribution in [1.29, 1.82) is 0 Å². The smallest absolute Gasteiger partial charge is 0.346 e. The number of fused-ring (bicyclic) bond motifs is 2. The highest BCUT2D eigenvalue weighted by Crippen LogP contribution is 2.56. The summed E-state index contributed by atoms with van der Waals surface area (Å²) in [6.07, 6.45) is 5.47. The van der Waals surface area contributed by atoms with Gasteiger partial charge >= 0.3 is 6.03 Å². The molecule has 2 bridgehead atoms. The Morgan fingerprint density at radius 3 is 1.84 bits per heavy atom. The van der Waals surface area contributed by atoms with E-state index in [0.717, 1.165) is 0 Å². The van der Waals surface area contributed by atoms with Crippen molar-refractivity contribution in [2.24, 2.45) is 7.05 Å². The molecule has 1 atom stereocenters.